The van der Waals surface area contributed by atoms with Crippen LogP contribution in [0.5, 0.6) is 11.5 Å². The highest BCUT2D eigenvalue weighted by atomic mass is 32.2. The molecule has 0 radical (unpaired) electrons. The van der Waals surface area contributed by atoms with Crippen molar-refractivity contribution in [2.45, 2.75) is 68.8 Å². The Morgan fingerprint density at radius 1 is 0.886 bits per heavy atom. The number of nitrogens with one attached hydrogen (secondary N) is 1. The number of carbonyl (C=O) groups excluding carboxylic acids is 2. The van der Waals surface area contributed by atoms with E-state index in [4.69, 9.17) is 9.47 Å². The normalized spacial score (nSPS) is 15.7. The predicted molar refractivity (Wildman–Crippen MR) is 169 cm³/mol. The smallest absolute Gasteiger partial charge is 0.264 e. The first-order valence-electron chi connectivity index (χ1n) is 15.5. The Bertz CT molecular complexity index is 1510. The van der Waals surface area contributed by atoms with Crippen LogP contribution in [0.1, 0.15) is 51.0 Å². The SMILES string of the molecule is CC[C@@H](C(=O)NC1CCCCC1)N(CCc1ccccc1)C(=O)CN(c1ccc2c(c1)OCCO2)S(=O)(=O)c1ccccc1. The Labute approximate surface area is 260 Å². The van der Waals surface area contributed by atoms with Gasteiger partial charge in [0.25, 0.3) is 10.0 Å². The van der Waals surface area contributed by atoms with Gasteiger partial charge in [-0.25, -0.2) is 8.42 Å². The van der Waals surface area contributed by atoms with Crippen molar-refractivity contribution in [1.29, 1.82) is 0 Å². The summed E-state index contributed by atoms with van der Waals surface area (Å²) >= 11 is 0. The van der Waals surface area contributed by atoms with Crippen LogP contribution < -0.4 is 19.1 Å². The summed E-state index contributed by atoms with van der Waals surface area (Å²) < 4.78 is 40.6. The second-order valence-corrected chi connectivity index (χ2v) is 13.1. The third-order valence-electron chi connectivity index (χ3n) is 8.25. The number of hydrogen-bond acceptors (Lipinski definition) is 6. The van der Waals surface area contributed by atoms with Gasteiger partial charge in [-0.3, -0.25) is 13.9 Å². The molecule has 1 saturated carbocycles. The van der Waals surface area contributed by atoms with Crippen LogP contribution in [0.3, 0.4) is 0 Å². The van der Waals surface area contributed by atoms with Crippen molar-refractivity contribution < 1.29 is 27.5 Å². The van der Waals surface area contributed by atoms with Crippen molar-refractivity contribution in [3.8, 4) is 11.5 Å². The number of ether oxygens (including phenoxy) is 2. The van der Waals surface area contributed by atoms with Gasteiger partial charge in [-0.2, -0.15) is 0 Å². The fourth-order valence-electron chi connectivity index (χ4n) is 5.88. The van der Waals surface area contributed by atoms with Gasteiger partial charge < -0.3 is 19.7 Å². The molecule has 1 aliphatic carbocycles. The number of benzene rings is 3. The molecule has 0 saturated heterocycles. The summed E-state index contributed by atoms with van der Waals surface area (Å²) in [6.07, 6.45) is 6.07. The number of sulfonamides is 1. The molecule has 2 amide bonds. The summed E-state index contributed by atoms with van der Waals surface area (Å²) in [5.74, 6) is 0.269. The second-order valence-electron chi connectivity index (χ2n) is 11.2. The van der Waals surface area contributed by atoms with Crippen LogP contribution in [0.4, 0.5) is 5.69 Å². The molecule has 9 nitrogen and oxygen atoms in total. The number of anilines is 1. The standard InChI is InChI=1S/C34H41N3O6S/c1-2-30(34(39)35-27-14-8-4-9-15-27)36(21-20-26-12-6-3-7-13-26)33(38)25-37(44(40,41)29-16-10-5-11-17-29)28-18-19-31-32(24-28)43-23-22-42-31/h3,5-7,10-13,16-19,24,27,30H,2,4,8-9,14-15,20-23,25H2,1H3,(H,35,39)/t30-/m0/s1. The molecule has 1 fully saturated rings. The van der Waals surface area contributed by atoms with E-state index >= 15 is 0 Å². The van der Waals surface area contributed by atoms with E-state index in [0.717, 1.165) is 42.0 Å². The Morgan fingerprint density at radius 2 is 1.55 bits per heavy atom. The maximum absolute atomic E-state index is 14.3. The van der Waals surface area contributed by atoms with E-state index in [1.54, 1.807) is 41.3 Å². The van der Waals surface area contributed by atoms with Crippen molar-refractivity contribution in [2.24, 2.45) is 0 Å². The molecule has 234 valence electrons. The van der Waals surface area contributed by atoms with E-state index < -0.39 is 28.5 Å². The van der Waals surface area contributed by atoms with Gasteiger partial charge in [0, 0.05) is 18.7 Å². The van der Waals surface area contributed by atoms with Gasteiger partial charge in [0.1, 0.15) is 25.8 Å². The summed E-state index contributed by atoms with van der Waals surface area (Å²) in [6.45, 7) is 2.39. The van der Waals surface area contributed by atoms with Crippen molar-refractivity contribution in [1.82, 2.24) is 10.2 Å². The average Bonchev–Trinajstić information content (AvgIpc) is 3.06. The van der Waals surface area contributed by atoms with E-state index in [9.17, 15) is 18.0 Å². The molecule has 0 bridgehead atoms. The second kappa shape index (κ2) is 14.6. The van der Waals surface area contributed by atoms with Crippen molar-refractivity contribution >= 4 is 27.5 Å². The zero-order chi connectivity index (χ0) is 30.9. The third-order valence-corrected chi connectivity index (χ3v) is 10.0. The molecule has 3 aromatic rings. The van der Waals surface area contributed by atoms with Crippen LogP contribution in [0.2, 0.25) is 0 Å². The molecule has 5 rings (SSSR count). The van der Waals surface area contributed by atoms with Crippen LogP contribution in [0.25, 0.3) is 0 Å². The zero-order valence-corrected chi connectivity index (χ0v) is 26.0. The number of nitrogens with zero attached hydrogens (tertiary/aromatic N) is 2. The van der Waals surface area contributed by atoms with E-state index in [-0.39, 0.29) is 29.1 Å². The highest BCUT2D eigenvalue weighted by molar-refractivity contribution is 7.92. The fraction of sp³-hybridized carbons (Fsp3) is 0.412. The Morgan fingerprint density at radius 3 is 2.23 bits per heavy atom. The molecular weight excluding hydrogens is 578 g/mol. The number of carbonyl (C=O) groups is 2. The van der Waals surface area contributed by atoms with E-state index in [1.165, 1.54) is 12.1 Å². The molecule has 0 aromatic heterocycles. The number of amides is 2. The lowest BCUT2D eigenvalue weighted by molar-refractivity contribution is -0.140. The molecule has 0 spiro atoms. The van der Waals surface area contributed by atoms with Crippen LogP contribution in [0, 0.1) is 0 Å². The molecule has 2 aliphatic rings. The molecule has 10 heteroatoms. The van der Waals surface area contributed by atoms with Crippen molar-refractivity contribution in [2.75, 3.05) is 30.6 Å². The summed E-state index contributed by atoms with van der Waals surface area (Å²) in [5.41, 5.74) is 1.29. The molecule has 44 heavy (non-hydrogen) atoms. The highest BCUT2D eigenvalue weighted by Gasteiger charge is 2.34. The lowest BCUT2D eigenvalue weighted by Gasteiger charge is -2.34. The lowest BCUT2D eigenvalue weighted by atomic mass is 9.95. The molecular formula is C34H41N3O6S. The Balaban J connectivity index is 1.47. The lowest BCUT2D eigenvalue weighted by Crippen LogP contribution is -2.54. The number of rotatable bonds is 12. The summed E-state index contributed by atoms with van der Waals surface area (Å²) in [5, 5.41) is 3.18. The van der Waals surface area contributed by atoms with Gasteiger partial charge in [0.15, 0.2) is 11.5 Å². The maximum atomic E-state index is 14.3. The minimum absolute atomic E-state index is 0.0561. The maximum Gasteiger partial charge on any atom is 0.264 e. The zero-order valence-electron chi connectivity index (χ0n) is 25.2. The van der Waals surface area contributed by atoms with E-state index in [2.05, 4.69) is 5.32 Å². The van der Waals surface area contributed by atoms with Gasteiger partial charge >= 0.3 is 0 Å². The molecule has 1 aliphatic heterocycles. The summed E-state index contributed by atoms with van der Waals surface area (Å²) in [7, 11) is -4.16. The monoisotopic (exact) mass is 619 g/mol. The van der Waals surface area contributed by atoms with Crippen LogP contribution in [0.15, 0.2) is 83.8 Å². The minimum atomic E-state index is -4.16. The van der Waals surface area contributed by atoms with Gasteiger partial charge in [0.05, 0.1) is 10.6 Å². The van der Waals surface area contributed by atoms with Gasteiger partial charge in [0.2, 0.25) is 11.8 Å². The molecule has 1 heterocycles. The van der Waals surface area contributed by atoms with Crippen molar-refractivity contribution in [3.05, 3.63) is 84.4 Å². The summed E-state index contributed by atoms with van der Waals surface area (Å²) in [6, 6.07) is 22.0. The van der Waals surface area contributed by atoms with E-state index in [1.807, 2.05) is 37.3 Å². The largest absolute Gasteiger partial charge is 0.486 e. The third kappa shape index (κ3) is 7.53. The minimum Gasteiger partial charge on any atom is -0.486 e. The van der Waals surface area contributed by atoms with Gasteiger partial charge in [-0.15, -0.1) is 0 Å². The van der Waals surface area contributed by atoms with Crippen LogP contribution in [-0.4, -0.2) is 63.5 Å². The first kappa shape index (κ1) is 31.4. The van der Waals surface area contributed by atoms with E-state index in [0.29, 0.717) is 37.6 Å². The van der Waals surface area contributed by atoms with Crippen molar-refractivity contribution in [3.63, 3.8) is 0 Å². The Hall–Kier alpha value is -4.05. The van der Waals surface area contributed by atoms with Crippen LogP contribution in [-0.2, 0) is 26.0 Å². The van der Waals surface area contributed by atoms with Gasteiger partial charge in [-0.1, -0.05) is 74.7 Å². The number of fused-ring (bicyclic) bond motifs is 1. The average molecular weight is 620 g/mol. The predicted octanol–water partition coefficient (Wildman–Crippen LogP) is 4.95. The van der Waals surface area contributed by atoms with Gasteiger partial charge in [-0.05, 0) is 55.5 Å². The molecule has 1 N–H and O–H groups in total. The molecule has 1 atom stereocenters. The van der Waals surface area contributed by atoms with Crippen LogP contribution >= 0.6 is 0 Å². The fourth-order valence-corrected chi connectivity index (χ4v) is 7.30. The summed E-state index contributed by atoms with van der Waals surface area (Å²) in [4.78, 5) is 29.6. The first-order valence-corrected chi connectivity index (χ1v) is 16.9. The molecule has 3 aromatic carbocycles. The highest BCUT2D eigenvalue weighted by Crippen LogP contribution is 2.36. The number of hydrogen-bond donors (Lipinski definition) is 1. The topological polar surface area (TPSA) is 105 Å². The molecule has 0 unspecified atom stereocenters. The quantitative estimate of drug-likeness (QED) is 0.308. The first-order chi connectivity index (χ1) is 21.4. The Kier molecular flexibility index (Phi) is 10.4.